The number of aromatic nitrogens is 4. The lowest BCUT2D eigenvalue weighted by Crippen LogP contribution is -2.14. The van der Waals surface area contributed by atoms with Gasteiger partial charge >= 0.3 is 5.97 Å². The molecule has 4 rings (SSSR count). The molecule has 0 atom stereocenters. The van der Waals surface area contributed by atoms with Gasteiger partial charge in [0.1, 0.15) is 5.75 Å². The van der Waals surface area contributed by atoms with E-state index in [1.807, 2.05) is 30.3 Å². The number of aliphatic carboxylic acids is 1. The SMILES string of the molecule is COc1ccccc1-c1ccc2nc(-n3cc(CC(=O)O)cn3)[nH]c(=O)c2c1. The van der Waals surface area contributed by atoms with Crippen molar-refractivity contribution in [3.8, 4) is 22.8 Å². The molecule has 8 heteroatoms. The first-order chi connectivity index (χ1) is 13.5. The van der Waals surface area contributed by atoms with Crippen molar-refractivity contribution < 1.29 is 14.6 Å². The highest BCUT2D eigenvalue weighted by Gasteiger charge is 2.11. The molecule has 0 saturated carbocycles. The third kappa shape index (κ3) is 3.23. The van der Waals surface area contributed by atoms with E-state index in [4.69, 9.17) is 9.84 Å². The lowest BCUT2D eigenvalue weighted by atomic mass is 10.0. The van der Waals surface area contributed by atoms with Gasteiger partial charge in [0.25, 0.3) is 5.56 Å². The molecule has 4 aromatic rings. The number of carboxylic acids is 1. The molecule has 2 heterocycles. The number of nitrogens with one attached hydrogen (secondary N) is 1. The number of ether oxygens (including phenoxy) is 1. The lowest BCUT2D eigenvalue weighted by Gasteiger charge is -2.09. The molecular formula is C20H16N4O4. The molecule has 0 amide bonds. The fourth-order valence-corrected chi connectivity index (χ4v) is 3.03. The Morgan fingerprint density at radius 3 is 2.86 bits per heavy atom. The van der Waals surface area contributed by atoms with Crippen molar-refractivity contribution in [1.29, 1.82) is 0 Å². The Bertz CT molecular complexity index is 1240. The maximum absolute atomic E-state index is 12.6. The van der Waals surface area contributed by atoms with E-state index in [0.29, 0.717) is 22.2 Å². The Labute approximate surface area is 159 Å². The van der Waals surface area contributed by atoms with Crippen molar-refractivity contribution in [2.24, 2.45) is 0 Å². The number of para-hydroxylation sites is 1. The molecule has 2 aromatic carbocycles. The van der Waals surface area contributed by atoms with Crippen LogP contribution >= 0.6 is 0 Å². The van der Waals surface area contributed by atoms with Gasteiger partial charge in [-0.1, -0.05) is 24.3 Å². The molecule has 0 bridgehead atoms. The summed E-state index contributed by atoms with van der Waals surface area (Å²) in [4.78, 5) is 30.6. The third-order valence-corrected chi connectivity index (χ3v) is 4.32. The van der Waals surface area contributed by atoms with E-state index in [2.05, 4.69) is 15.1 Å². The minimum Gasteiger partial charge on any atom is -0.496 e. The summed E-state index contributed by atoms with van der Waals surface area (Å²) in [6.07, 6.45) is 2.81. The molecular weight excluding hydrogens is 360 g/mol. The summed E-state index contributed by atoms with van der Waals surface area (Å²) in [6.45, 7) is 0. The average molecular weight is 376 g/mol. The van der Waals surface area contributed by atoms with Gasteiger partial charge in [-0.05, 0) is 23.8 Å². The second-order valence-corrected chi connectivity index (χ2v) is 6.19. The molecule has 0 radical (unpaired) electrons. The Morgan fingerprint density at radius 1 is 1.25 bits per heavy atom. The van der Waals surface area contributed by atoms with Crippen LogP contribution in [0, 0.1) is 0 Å². The van der Waals surface area contributed by atoms with Gasteiger partial charge in [0, 0.05) is 17.3 Å². The van der Waals surface area contributed by atoms with Crippen LogP contribution in [0.2, 0.25) is 0 Å². The number of nitrogens with zero attached hydrogens (tertiary/aromatic N) is 3. The van der Waals surface area contributed by atoms with Crippen LogP contribution in [0.15, 0.2) is 59.7 Å². The standard InChI is InChI=1S/C20H16N4O4/c1-28-17-5-3-2-4-14(17)13-6-7-16-15(9-13)19(27)23-20(22-16)24-11-12(10-21-24)8-18(25)26/h2-7,9-11H,8H2,1H3,(H,25,26)(H,22,23,27). The monoisotopic (exact) mass is 376 g/mol. The summed E-state index contributed by atoms with van der Waals surface area (Å²) in [5.41, 5.74) is 2.43. The van der Waals surface area contributed by atoms with Gasteiger partial charge in [-0.3, -0.25) is 14.6 Å². The number of carbonyl (C=O) groups is 1. The van der Waals surface area contributed by atoms with Crippen molar-refractivity contribution in [2.45, 2.75) is 6.42 Å². The number of fused-ring (bicyclic) bond motifs is 1. The first kappa shape index (κ1) is 17.5. The van der Waals surface area contributed by atoms with Crippen LogP contribution in [0.4, 0.5) is 0 Å². The molecule has 0 saturated heterocycles. The van der Waals surface area contributed by atoms with Gasteiger partial charge < -0.3 is 9.84 Å². The van der Waals surface area contributed by atoms with E-state index >= 15 is 0 Å². The first-order valence-electron chi connectivity index (χ1n) is 8.48. The van der Waals surface area contributed by atoms with Crippen molar-refractivity contribution >= 4 is 16.9 Å². The topological polar surface area (TPSA) is 110 Å². The molecule has 0 aliphatic carbocycles. The number of aromatic amines is 1. The molecule has 0 aliphatic rings. The zero-order valence-electron chi connectivity index (χ0n) is 14.9. The highest BCUT2D eigenvalue weighted by molar-refractivity contribution is 5.85. The number of rotatable bonds is 5. The minimum atomic E-state index is -0.955. The van der Waals surface area contributed by atoms with E-state index in [1.165, 1.54) is 17.1 Å². The number of methoxy groups -OCH3 is 1. The number of hydrogen-bond donors (Lipinski definition) is 2. The molecule has 2 aromatic heterocycles. The predicted octanol–water partition coefficient (Wildman–Crippen LogP) is 2.41. The number of hydrogen-bond acceptors (Lipinski definition) is 5. The number of carboxylic acid groups (broad SMARTS) is 1. The van der Waals surface area contributed by atoms with Crippen molar-refractivity contribution in [3.63, 3.8) is 0 Å². The fourth-order valence-electron chi connectivity index (χ4n) is 3.03. The van der Waals surface area contributed by atoms with E-state index in [1.54, 1.807) is 19.2 Å². The first-order valence-corrected chi connectivity index (χ1v) is 8.48. The van der Waals surface area contributed by atoms with Gasteiger partial charge in [0.05, 0.1) is 30.6 Å². The fraction of sp³-hybridized carbons (Fsp3) is 0.100. The highest BCUT2D eigenvalue weighted by Crippen LogP contribution is 2.30. The van der Waals surface area contributed by atoms with Gasteiger partial charge in [-0.15, -0.1) is 0 Å². The van der Waals surface area contributed by atoms with Crippen LogP contribution < -0.4 is 10.3 Å². The Morgan fingerprint density at radius 2 is 2.07 bits per heavy atom. The lowest BCUT2D eigenvalue weighted by molar-refractivity contribution is -0.136. The van der Waals surface area contributed by atoms with Crippen LogP contribution in [0.3, 0.4) is 0 Å². The third-order valence-electron chi connectivity index (χ3n) is 4.32. The van der Waals surface area contributed by atoms with Gasteiger partial charge in [0.15, 0.2) is 0 Å². The molecule has 0 spiro atoms. The van der Waals surface area contributed by atoms with Gasteiger partial charge in [-0.2, -0.15) is 5.10 Å². The Hall–Kier alpha value is -3.94. The quantitative estimate of drug-likeness (QED) is 0.553. The zero-order valence-corrected chi connectivity index (χ0v) is 14.9. The normalized spacial score (nSPS) is 10.9. The molecule has 8 nitrogen and oxygen atoms in total. The molecule has 28 heavy (non-hydrogen) atoms. The predicted molar refractivity (Wildman–Crippen MR) is 103 cm³/mol. The molecule has 0 fully saturated rings. The van der Waals surface area contributed by atoms with Gasteiger partial charge in [0.2, 0.25) is 5.95 Å². The Kier molecular flexibility index (Phi) is 4.36. The maximum atomic E-state index is 12.6. The van der Waals surface area contributed by atoms with Crippen molar-refractivity contribution in [3.05, 3.63) is 70.8 Å². The van der Waals surface area contributed by atoms with Crippen LogP contribution in [0.5, 0.6) is 5.75 Å². The summed E-state index contributed by atoms with van der Waals surface area (Å²) < 4.78 is 6.75. The van der Waals surface area contributed by atoms with Crippen molar-refractivity contribution in [1.82, 2.24) is 19.7 Å². The molecule has 2 N–H and O–H groups in total. The van der Waals surface area contributed by atoms with E-state index in [9.17, 15) is 9.59 Å². The largest absolute Gasteiger partial charge is 0.496 e. The van der Waals surface area contributed by atoms with E-state index in [-0.39, 0.29) is 17.9 Å². The van der Waals surface area contributed by atoms with Gasteiger partial charge in [-0.25, -0.2) is 9.67 Å². The molecule has 0 aliphatic heterocycles. The number of benzene rings is 2. The number of H-pyrrole nitrogens is 1. The zero-order chi connectivity index (χ0) is 19.7. The van der Waals surface area contributed by atoms with E-state index in [0.717, 1.165) is 11.1 Å². The van der Waals surface area contributed by atoms with E-state index < -0.39 is 5.97 Å². The van der Waals surface area contributed by atoms with Crippen LogP contribution in [0.1, 0.15) is 5.56 Å². The Balaban J connectivity index is 1.77. The van der Waals surface area contributed by atoms with Crippen LogP contribution in [-0.4, -0.2) is 37.9 Å². The molecule has 140 valence electrons. The van der Waals surface area contributed by atoms with Crippen LogP contribution in [-0.2, 0) is 11.2 Å². The second kappa shape index (κ2) is 6.99. The summed E-state index contributed by atoms with van der Waals surface area (Å²) in [6, 6.07) is 13.0. The highest BCUT2D eigenvalue weighted by atomic mass is 16.5. The average Bonchev–Trinajstić information content (AvgIpc) is 3.15. The summed E-state index contributed by atoms with van der Waals surface area (Å²) >= 11 is 0. The smallest absolute Gasteiger partial charge is 0.307 e. The van der Waals surface area contributed by atoms with Crippen LogP contribution in [0.25, 0.3) is 28.0 Å². The maximum Gasteiger partial charge on any atom is 0.307 e. The minimum absolute atomic E-state index is 0.153. The second-order valence-electron chi connectivity index (χ2n) is 6.19. The summed E-state index contributed by atoms with van der Waals surface area (Å²) in [7, 11) is 1.60. The summed E-state index contributed by atoms with van der Waals surface area (Å²) in [5.74, 6) is -0.0204. The summed E-state index contributed by atoms with van der Waals surface area (Å²) in [5, 5.41) is 13.4. The van der Waals surface area contributed by atoms with Crippen molar-refractivity contribution in [2.75, 3.05) is 7.11 Å². The molecule has 0 unspecified atom stereocenters.